The van der Waals surface area contributed by atoms with Crippen molar-refractivity contribution in [2.75, 3.05) is 33.3 Å². The highest BCUT2D eigenvalue weighted by atomic mass is 16.5. The first-order chi connectivity index (χ1) is 9.67. The zero-order valence-corrected chi connectivity index (χ0v) is 11.7. The highest BCUT2D eigenvalue weighted by Gasteiger charge is 2.19. The van der Waals surface area contributed by atoms with E-state index in [0.29, 0.717) is 23.9 Å². The lowest BCUT2D eigenvalue weighted by atomic mass is 10.2. The third kappa shape index (κ3) is 4.49. The Bertz CT molecular complexity index is 472. The van der Waals surface area contributed by atoms with Crippen molar-refractivity contribution in [3.63, 3.8) is 0 Å². The van der Waals surface area contributed by atoms with E-state index in [1.807, 2.05) is 0 Å². The van der Waals surface area contributed by atoms with Crippen LogP contribution in [0.4, 0.5) is 0 Å². The highest BCUT2D eigenvalue weighted by molar-refractivity contribution is 5.36. The van der Waals surface area contributed by atoms with E-state index in [9.17, 15) is 5.11 Å². The third-order valence-electron chi connectivity index (χ3n) is 3.44. The molecule has 1 saturated heterocycles. The van der Waals surface area contributed by atoms with Gasteiger partial charge in [-0.05, 0) is 38.2 Å². The van der Waals surface area contributed by atoms with Crippen LogP contribution in [-0.4, -0.2) is 55.4 Å². The molecule has 1 aliphatic heterocycles. The number of likely N-dealkylation sites (tertiary alicyclic amines) is 1. The summed E-state index contributed by atoms with van der Waals surface area (Å²) in [7, 11) is 2.10. The van der Waals surface area contributed by atoms with E-state index in [1.165, 1.54) is 0 Å². The summed E-state index contributed by atoms with van der Waals surface area (Å²) < 4.78 is 5.50. The summed E-state index contributed by atoms with van der Waals surface area (Å²) in [5, 5.41) is 22.0. The average Bonchev–Trinajstić information content (AvgIpc) is 2.89. The topological polar surface area (TPSA) is 68.5 Å². The summed E-state index contributed by atoms with van der Waals surface area (Å²) in [5.74, 6) is 0.615. The number of rotatable bonds is 6. The molecule has 2 atom stereocenters. The highest BCUT2D eigenvalue weighted by Crippen LogP contribution is 2.12. The molecular formula is C15H21N3O2. The molecule has 0 radical (unpaired) electrons. The van der Waals surface area contributed by atoms with Crippen molar-refractivity contribution in [3.05, 3.63) is 29.8 Å². The Kier molecular flexibility index (Phi) is 5.36. The Labute approximate surface area is 119 Å². The maximum atomic E-state index is 9.90. The minimum Gasteiger partial charge on any atom is -0.491 e. The minimum atomic E-state index is -0.549. The van der Waals surface area contributed by atoms with Crippen molar-refractivity contribution in [2.45, 2.75) is 18.6 Å². The lowest BCUT2D eigenvalue weighted by Crippen LogP contribution is -2.39. The summed E-state index contributed by atoms with van der Waals surface area (Å²) in [5.41, 5.74) is 0.559. The largest absolute Gasteiger partial charge is 0.491 e. The van der Waals surface area contributed by atoms with Crippen molar-refractivity contribution in [2.24, 2.45) is 0 Å². The maximum absolute atomic E-state index is 9.90. The summed E-state index contributed by atoms with van der Waals surface area (Å²) in [6.45, 7) is 2.88. The maximum Gasteiger partial charge on any atom is 0.120 e. The van der Waals surface area contributed by atoms with Crippen LogP contribution >= 0.6 is 0 Å². The van der Waals surface area contributed by atoms with Crippen LogP contribution in [0.3, 0.4) is 0 Å². The first-order valence-electron chi connectivity index (χ1n) is 6.90. The van der Waals surface area contributed by atoms with Gasteiger partial charge in [-0.1, -0.05) is 6.07 Å². The number of hydrogen-bond acceptors (Lipinski definition) is 5. The Morgan fingerprint density at radius 1 is 1.60 bits per heavy atom. The van der Waals surface area contributed by atoms with Gasteiger partial charge in [-0.3, -0.25) is 0 Å². The van der Waals surface area contributed by atoms with Gasteiger partial charge in [0.2, 0.25) is 0 Å². The molecule has 1 aromatic rings. The fourth-order valence-corrected chi connectivity index (χ4v) is 2.31. The summed E-state index contributed by atoms with van der Waals surface area (Å²) in [6.07, 6.45) is 0.570. The molecule has 0 spiro atoms. The number of hydrogen-bond donors (Lipinski definition) is 2. The Morgan fingerprint density at radius 2 is 2.45 bits per heavy atom. The normalized spacial score (nSPS) is 20.6. The first-order valence-corrected chi connectivity index (χ1v) is 6.90. The number of nitrogens with one attached hydrogen (secondary N) is 1. The molecule has 1 fully saturated rings. The van der Waals surface area contributed by atoms with Gasteiger partial charge in [0.25, 0.3) is 0 Å². The van der Waals surface area contributed by atoms with Crippen LogP contribution in [0.15, 0.2) is 24.3 Å². The van der Waals surface area contributed by atoms with Gasteiger partial charge in [-0.15, -0.1) is 0 Å². The number of aliphatic hydroxyl groups excluding tert-OH is 1. The molecule has 2 N–H and O–H groups in total. The Morgan fingerprint density at radius 3 is 3.15 bits per heavy atom. The molecule has 0 saturated carbocycles. The predicted octanol–water partition coefficient (Wildman–Crippen LogP) is 0.592. The van der Waals surface area contributed by atoms with E-state index in [2.05, 4.69) is 23.3 Å². The minimum absolute atomic E-state index is 0.227. The van der Waals surface area contributed by atoms with Crippen LogP contribution in [0.25, 0.3) is 0 Å². The lowest BCUT2D eigenvalue weighted by Gasteiger charge is -2.17. The third-order valence-corrected chi connectivity index (χ3v) is 3.44. The van der Waals surface area contributed by atoms with Crippen LogP contribution < -0.4 is 10.1 Å². The van der Waals surface area contributed by atoms with E-state index >= 15 is 0 Å². The smallest absolute Gasteiger partial charge is 0.120 e. The second kappa shape index (κ2) is 7.25. The summed E-state index contributed by atoms with van der Waals surface area (Å²) in [6, 6.07) is 9.47. The molecule has 5 nitrogen and oxygen atoms in total. The second-order valence-electron chi connectivity index (χ2n) is 5.26. The van der Waals surface area contributed by atoms with Crippen LogP contribution in [0.5, 0.6) is 5.75 Å². The Balaban J connectivity index is 1.69. The van der Waals surface area contributed by atoms with Crippen molar-refractivity contribution in [1.82, 2.24) is 10.2 Å². The number of aliphatic hydroxyl groups is 1. The van der Waals surface area contributed by atoms with Crippen molar-refractivity contribution < 1.29 is 9.84 Å². The molecule has 20 heavy (non-hydrogen) atoms. The van der Waals surface area contributed by atoms with Crippen LogP contribution in [0.2, 0.25) is 0 Å². The van der Waals surface area contributed by atoms with Crippen molar-refractivity contribution in [3.8, 4) is 11.8 Å². The predicted molar refractivity (Wildman–Crippen MR) is 76.6 cm³/mol. The van der Waals surface area contributed by atoms with Crippen LogP contribution in [-0.2, 0) is 0 Å². The summed E-state index contributed by atoms with van der Waals surface area (Å²) in [4.78, 5) is 2.27. The number of likely N-dealkylation sites (N-methyl/N-ethyl adjacent to an activating group) is 1. The number of nitriles is 1. The molecule has 0 amide bonds. The van der Waals surface area contributed by atoms with E-state index in [-0.39, 0.29) is 6.61 Å². The van der Waals surface area contributed by atoms with E-state index < -0.39 is 6.10 Å². The molecular weight excluding hydrogens is 254 g/mol. The SMILES string of the molecule is CN1CCC(NCC(O)COc2cccc(C#N)c2)C1. The van der Waals surface area contributed by atoms with Crippen LogP contribution in [0, 0.1) is 11.3 Å². The molecule has 1 aromatic carbocycles. The monoisotopic (exact) mass is 275 g/mol. The Hall–Kier alpha value is -1.61. The van der Waals surface area contributed by atoms with Gasteiger partial charge < -0.3 is 20.1 Å². The number of nitrogens with zero attached hydrogens (tertiary/aromatic N) is 2. The molecule has 0 aliphatic carbocycles. The van der Waals surface area contributed by atoms with Gasteiger partial charge in [-0.25, -0.2) is 0 Å². The lowest BCUT2D eigenvalue weighted by molar-refractivity contribution is 0.104. The van der Waals surface area contributed by atoms with Gasteiger partial charge in [0.1, 0.15) is 18.5 Å². The van der Waals surface area contributed by atoms with E-state index in [4.69, 9.17) is 10.00 Å². The molecule has 0 bridgehead atoms. The molecule has 108 valence electrons. The molecule has 2 rings (SSSR count). The number of ether oxygens (including phenoxy) is 1. The zero-order valence-electron chi connectivity index (χ0n) is 11.7. The fraction of sp³-hybridized carbons (Fsp3) is 0.533. The summed E-state index contributed by atoms with van der Waals surface area (Å²) >= 11 is 0. The standard InChI is InChI=1S/C15H21N3O2/c1-18-6-5-13(10-18)17-9-14(19)11-20-15-4-2-3-12(7-15)8-16/h2-4,7,13-14,17,19H,5-6,9-11H2,1H3. The van der Waals surface area contributed by atoms with Gasteiger partial charge in [0.05, 0.1) is 11.6 Å². The number of benzene rings is 1. The van der Waals surface area contributed by atoms with Crippen molar-refractivity contribution in [1.29, 1.82) is 5.26 Å². The average molecular weight is 275 g/mol. The van der Waals surface area contributed by atoms with Gasteiger partial charge >= 0.3 is 0 Å². The van der Waals surface area contributed by atoms with Crippen LogP contribution in [0.1, 0.15) is 12.0 Å². The van der Waals surface area contributed by atoms with Crippen molar-refractivity contribution >= 4 is 0 Å². The zero-order chi connectivity index (χ0) is 14.4. The fourth-order valence-electron chi connectivity index (χ4n) is 2.31. The van der Waals surface area contributed by atoms with Gasteiger partial charge in [-0.2, -0.15) is 5.26 Å². The quantitative estimate of drug-likeness (QED) is 0.795. The molecule has 0 aromatic heterocycles. The van der Waals surface area contributed by atoms with Gasteiger partial charge in [0, 0.05) is 19.1 Å². The van der Waals surface area contributed by atoms with Gasteiger partial charge in [0.15, 0.2) is 0 Å². The van der Waals surface area contributed by atoms with E-state index in [0.717, 1.165) is 19.5 Å². The molecule has 2 unspecified atom stereocenters. The first kappa shape index (κ1) is 14.8. The molecule has 1 aliphatic rings. The van der Waals surface area contributed by atoms with E-state index in [1.54, 1.807) is 24.3 Å². The molecule has 1 heterocycles. The second-order valence-corrected chi connectivity index (χ2v) is 5.26. The molecule has 5 heteroatoms.